The lowest BCUT2D eigenvalue weighted by Crippen LogP contribution is -2.35. The second-order valence-electron chi connectivity index (χ2n) is 7.69. The molecular formula is C26H26N2O. The Hall–Kier alpha value is -3.09. The summed E-state index contributed by atoms with van der Waals surface area (Å²) < 4.78 is 5.97. The number of hydrogen-bond acceptors (Lipinski definition) is 3. The van der Waals surface area contributed by atoms with Gasteiger partial charge >= 0.3 is 0 Å². The number of nitriles is 1. The zero-order chi connectivity index (χ0) is 19.9. The highest BCUT2D eigenvalue weighted by molar-refractivity contribution is 5.34. The lowest BCUT2D eigenvalue weighted by molar-refractivity contribution is 0.170. The average Bonchev–Trinajstić information content (AvgIpc) is 2.77. The van der Waals surface area contributed by atoms with Crippen molar-refractivity contribution in [2.75, 3.05) is 13.1 Å². The van der Waals surface area contributed by atoms with Crippen molar-refractivity contribution in [2.45, 2.75) is 25.3 Å². The van der Waals surface area contributed by atoms with Crippen molar-refractivity contribution in [3.8, 4) is 17.6 Å². The van der Waals surface area contributed by atoms with Crippen LogP contribution in [-0.4, -0.2) is 18.0 Å². The molecule has 1 fully saturated rings. The van der Waals surface area contributed by atoms with Crippen molar-refractivity contribution in [1.29, 1.82) is 5.26 Å². The van der Waals surface area contributed by atoms with Crippen LogP contribution in [-0.2, 0) is 6.54 Å². The zero-order valence-electron chi connectivity index (χ0n) is 16.6. The Kier molecular flexibility index (Phi) is 6.24. The van der Waals surface area contributed by atoms with E-state index < -0.39 is 0 Å². The monoisotopic (exact) mass is 382 g/mol. The first kappa shape index (κ1) is 19.2. The van der Waals surface area contributed by atoms with Crippen LogP contribution in [0.25, 0.3) is 0 Å². The van der Waals surface area contributed by atoms with Gasteiger partial charge in [-0.05, 0) is 67.2 Å². The molecule has 0 N–H and O–H groups in total. The molecule has 0 spiro atoms. The first-order chi connectivity index (χ1) is 14.3. The van der Waals surface area contributed by atoms with Crippen LogP contribution in [0.2, 0.25) is 0 Å². The third-order valence-electron chi connectivity index (χ3n) is 5.68. The molecule has 1 saturated heterocycles. The molecule has 29 heavy (non-hydrogen) atoms. The molecule has 146 valence electrons. The number of nitrogens with zero attached hydrogens (tertiary/aromatic N) is 2. The summed E-state index contributed by atoms with van der Waals surface area (Å²) >= 11 is 0. The highest BCUT2D eigenvalue weighted by atomic mass is 16.5. The molecule has 1 unspecified atom stereocenters. The summed E-state index contributed by atoms with van der Waals surface area (Å²) in [5.41, 5.74) is 2.41. The van der Waals surface area contributed by atoms with Gasteiger partial charge in [0.15, 0.2) is 0 Å². The van der Waals surface area contributed by atoms with Gasteiger partial charge in [-0.2, -0.15) is 5.26 Å². The van der Waals surface area contributed by atoms with Crippen molar-refractivity contribution in [3.05, 3.63) is 96.1 Å². The molecule has 1 heterocycles. The minimum absolute atomic E-state index is 0.000880. The van der Waals surface area contributed by atoms with Gasteiger partial charge in [0, 0.05) is 6.54 Å². The number of likely N-dealkylation sites (tertiary alicyclic amines) is 1. The van der Waals surface area contributed by atoms with Gasteiger partial charge < -0.3 is 4.74 Å². The Morgan fingerprint density at radius 3 is 2.21 bits per heavy atom. The third kappa shape index (κ3) is 5.04. The zero-order valence-corrected chi connectivity index (χ0v) is 16.6. The van der Waals surface area contributed by atoms with Gasteiger partial charge in [0.1, 0.15) is 11.5 Å². The molecule has 3 aromatic carbocycles. The van der Waals surface area contributed by atoms with Gasteiger partial charge in [-0.3, -0.25) is 4.90 Å². The number of para-hydroxylation sites is 1. The quantitative estimate of drug-likeness (QED) is 0.525. The van der Waals surface area contributed by atoms with Crippen molar-refractivity contribution >= 4 is 0 Å². The van der Waals surface area contributed by atoms with Crippen molar-refractivity contribution in [2.24, 2.45) is 5.92 Å². The Labute approximate surface area is 173 Å². The summed E-state index contributed by atoms with van der Waals surface area (Å²) in [6.07, 6.45) is 2.13. The highest BCUT2D eigenvalue weighted by Gasteiger charge is 2.27. The van der Waals surface area contributed by atoms with Crippen LogP contribution in [0.3, 0.4) is 0 Å². The predicted octanol–water partition coefficient (Wildman–Crippen LogP) is 6.00. The van der Waals surface area contributed by atoms with Crippen molar-refractivity contribution in [1.82, 2.24) is 4.90 Å². The van der Waals surface area contributed by atoms with Crippen LogP contribution in [0.5, 0.6) is 11.5 Å². The lowest BCUT2D eigenvalue weighted by atomic mass is 9.81. The van der Waals surface area contributed by atoms with Crippen molar-refractivity contribution in [3.63, 3.8) is 0 Å². The van der Waals surface area contributed by atoms with Gasteiger partial charge in [0.05, 0.1) is 12.0 Å². The predicted molar refractivity (Wildman–Crippen MR) is 116 cm³/mol. The Morgan fingerprint density at radius 2 is 1.52 bits per heavy atom. The van der Waals surface area contributed by atoms with E-state index in [9.17, 15) is 5.26 Å². The standard InChI is InChI=1S/C26H26N2O/c27-19-26(22-9-3-1-4-10-22)23-14-16-28(17-15-23)20-21-8-7-13-25(18-21)29-24-11-5-2-6-12-24/h1-13,18,23,26H,14-17,20H2. The molecule has 0 aliphatic carbocycles. The van der Waals surface area contributed by atoms with E-state index in [1.807, 2.05) is 54.6 Å². The molecule has 4 rings (SSSR count). The van der Waals surface area contributed by atoms with E-state index in [0.29, 0.717) is 5.92 Å². The van der Waals surface area contributed by atoms with Gasteiger partial charge in [-0.15, -0.1) is 0 Å². The Bertz CT molecular complexity index is 941. The van der Waals surface area contributed by atoms with Crippen LogP contribution >= 0.6 is 0 Å². The Morgan fingerprint density at radius 1 is 0.862 bits per heavy atom. The van der Waals surface area contributed by atoms with E-state index in [4.69, 9.17) is 4.74 Å². The molecule has 0 radical (unpaired) electrons. The van der Waals surface area contributed by atoms with Gasteiger partial charge in [0.25, 0.3) is 0 Å². The molecule has 1 aliphatic heterocycles. The van der Waals surface area contributed by atoms with Gasteiger partial charge in [0.2, 0.25) is 0 Å². The fraction of sp³-hybridized carbons (Fsp3) is 0.269. The third-order valence-corrected chi connectivity index (χ3v) is 5.68. The smallest absolute Gasteiger partial charge is 0.127 e. The fourth-order valence-electron chi connectivity index (χ4n) is 4.15. The van der Waals surface area contributed by atoms with E-state index in [0.717, 1.165) is 49.5 Å². The summed E-state index contributed by atoms with van der Waals surface area (Å²) in [5, 5.41) is 9.71. The first-order valence-electron chi connectivity index (χ1n) is 10.3. The van der Waals surface area contributed by atoms with E-state index in [2.05, 4.69) is 41.3 Å². The summed E-state index contributed by atoms with van der Waals surface area (Å²) in [6, 6.07) is 31.0. The minimum Gasteiger partial charge on any atom is -0.457 e. The van der Waals surface area contributed by atoms with Crippen LogP contribution in [0, 0.1) is 17.2 Å². The normalized spacial score (nSPS) is 16.1. The maximum atomic E-state index is 9.71. The topological polar surface area (TPSA) is 36.3 Å². The molecule has 3 heteroatoms. The molecule has 0 amide bonds. The first-order valence-corrected chi connectivity index (χ1v) is 10.3. The van der Waals surface area contributed by atoms with E-state index in [1.165, 1.54) is 5.56 Å². The lowest BCUT2D eigenvalue weighted by Gasteiger charge is -2.34. The van der Waals surface area contributed by atoms with Gasteiger partial charge in [-0.1, -0.05) is 60.7 Å². The van der Waals surface area contributed by atoms with Crippen LogP contribution < -0.4 is 4.74 Å². The van der Waals surface area contributed by atoms with Crippen molar-refractivity contribution < 1.29 is 4.74 Å². The van der Waals surface area contributed by atoms with Crippen LogP contribution in [0.4, 0.5) is 0 Å². The fourth-order valence-corrected chi connectivity index (χ4v) is 4.15. The van der Waals surface area contributed by atoms with Gasteiger partial charge in [-0.25, -0.2) is 0 Å². The minimum atomic E-state index is 0.000880. The molecular weight excluding hydrogens is 356 g/mol. The molecule has 0 bridgehead atoms. The second kappa shape index (κ2) is 9.41. The number of rotatable bonds is 6. The summed E-state index contributed by atoms with van der Waals surface area (Å²) in [5.74, 6) is 2.17. The number of benzene rings is 3. The summed E-state index contributed by atoms with van der Waals surface area (Å²) in [6.45, 7) is 2.97. The molecule has 3 aromatic rings. The molecule has 1 atom stereocenters. The average molecular weight is 383 g/mol. The molecule has 3 nitrogen and oxygen atoms in total. The van der Waals surface area contributed by atoms with E-state index >= 15 is 0 Å². The van der Waals surface area contributed by atoms with Crippen LogP contribution in [0.15, 0.2) is 84.9 Å². The maximum Gasteiger partial charge on any atom is 0.127 e. The number of piperidine rings is 1. The number of hydrogen-bond donors (Lipinski definition) is 0. The Balaban J connectivity index is 1.34. The highest BCUT2D eigenvalue weighted by Crippen LogP contribution is 2.33. The SMILES string of the molecule is N#CC(c1ccccc1)C1CCN(Cc2cccc(Oc3ccccc3)c2)CC1. The van der Waals surface area contributed by atoms with E-state index in [1.54, 1.807) is 0 Å². The summed E-state index contributed by atoms with van der Waals surface area (Å²) in [7, 11) is 0. The second-order valence-corrected chi connectivity index (χ2v) is 7.69. The largest absolute Gasteiger partial charge is 0.457 e. The molecule has 1 aliphatic rings. The van der Waals surface area contributed by atoms with Crippen LogP contribution in [0.1, 0.15) is 29.9 Å². The van der Waals surface area contributed by atoms with E-state index in [-0.39, 0.29) is 5.92 Å². The molecule has 0 aromatic heterocycles. The molecule has 0 saturated carbocycles. The maximum absolute atomic E-state index is 9.71. The number of ether oxygens (including phenoxy) is 1. The summed E-state index contributed by atoms with van der Waals surface area (Å²) in [4.78, 5) is 2.48.